The minimum Gasteiger partial charge on any atom is -0.496 e. The number of anilines is 1. The lowest BCUT2D eigenvalue weighted by Crippen LogP contribution is -2.48. The maximum absolute atomic E-state index is 13.9. The van der Waals surface area contributed by atoms with Crippen LogP contribution >= 0.6 is 0 Å². The van der Waals surface area contributed by atoms with Crippen LogP contribution < -0.4 is 20.1 Å². The molecule has 8 nitrogen and oxygen atoms in total. The first-order valence-corrected chi connectivity index (χ1v) is 14.5. The highest BCUT2D eigenvalue weighted by Crippen LogP contribution is 2.54. The van der Waals surface area contributed by atoms with E-state index in [0.717, 1.165) is 17.2 Å². The number of ether oxygens (including phenoxy) is 2. The van der Waals surface area contributed by atoms with E-state index in [4.69, 9.17) is 9.47 Å². The lowest BCUT2D eigenvalue weighted by Gasteiger charge is -2.30. The van der Waals surface area contributed by atoms with Gasteiger partial charge in [0.05, 0.1) is 31.3 Å². The van der Waals surface area contributed by atoms with Crippen molar-refractivity contribution in [3.05, 3.63) is 88.3 Å². The number of carbonyl (C=O) groups excluding carboxylic acids is 2. The Balaban J connectivity index is 1.49. The molecular weight excluding hydrogens is 608 g/mol. The number of halogens is 4. The largest absolute Gasteiger partial charge is 0.496 e. The zero-order chi connectivity index (χ0) is 33.5. The third kappa shape index (κ3) is 5.91. The van der Waals surface area contributed by atoms with Crippen molar-refractivity contribution in [2.24, 2.45) is 17.8 Å². The van der Waals surface area contributed by atoms with Crippen LogP contribution in [-0.4, -0.2) is 43.2 Å². The smallest absolute Gasteiger partial charge is 0.419 e. The molecule has 2 saturated carbocycles. The lowest BCUT2D eigenvalue weighted by molar-refractivity contribution is -0.140. The third-order valence-electron chi connectivity index (χ3n) is 8.76. The molecule has 2 amide bonds. The van der Waals surface area contributed by atoms with E-state index in [0.29, 0.717) is 36.1 Å². The van der Waals surface area contributed by atoms with Gasteiger partial charge in [0.25, 0.3) is 5.91 Å². The van der Waals surface area contributed by atoms with Gasteiger partial charge >= 0.3 is 12.1 Å². The van der Waals surface area contributed by atoms with Crippen molar-refractivity contribution in [2.45, 2.75) is 38.9 Å². The summed E-state index contributed by atoms with van der Waals surface area (Å²) in [6.45, 7) is 3.83. The minimum absolute atomic E-state index is 0.0598. The van der Waals surface area contributed by atoms with Crippen molar-refractivity contribution in [3.63, 3.8) is 0 Å². The highest BCUT2D eigenvalue weighted by atomic mass is 19.4. The van der Waals surface area contributed by atoms with E-state index >= 15 is 0 Å². The van der Waals surface area contributed by atoms with Gasteiger partial charge in [-0.15, -0.1) is 0 Å². The number of methoxy groups -OCH3 is 2. The molecule has 2 aliphatic rings. The van der Waals surface area contributed by atoms with E-state index in [9.17, 15) is 37.1 Å². The summed E-state index contributed by atoms with van der Waals surface area (Å²) in [5.74, 6) is -4.69. The molecule has 0 saturated heterocycles. The number of hydrogen-bond donors (Lipinski definition) is 3. The molecule has 46 heavy (non-hydrogen) atoms. The zero-order valence-electron chi connectivity index (χ0n) is 25.4. The predicted octanol–water partition coefficient (Wildman–Crippen LogP) is 6.96. The van der Waals surface area contributed by atoms with Crippen molar-refractivity contribution in [1.82, 2.24) is 5.32 Å². The zero-order valence-corrected chi connectivity index (χ0v) is 25.4. The molecule has 3 aromatic rings. The van der Waals surface area contributed by atoms with Crippen molar-refractivity contribution in [2.75, 3.05) is 19.5 Å². The molecule has 3 aromatic carbocycles. The second-order valence-corrected chi connectivity index (χ2v) is 11.6. The summed E-state index contributed by atoms with van der Waals surface area (Å²) >= 11 is 0. The van der Waals surface area contributed by atoms with Gasteiger partial charge in [-0.1, -0.05) is 29.3 Å². The third-order valence-corrected chi connectivity index (χ3v) is 8.76. The Labute approximate surface area is 262 Å². The summed E-state index contributed by atoms with van der Waals surface area (Å²) in [5, 5.41) is 15.2. The molecule has 0 radical (unpaired) electrons. The standard InChI is InChI=1S/C34H32F4N2O6/c1-16(2)27-20-10-11-21(27)29(28(20)32(42)39-18-9-12-25(35)24(15-18)34(36,37)38)40-31(41)23-14-17(8-13-26(23)45-3)19-6-5-7-22(33(43)44)30(19)46-4/h5-9,12-15,20-21,28-29H,10-11H2,1-4H3,(H,39,42)(H,40,41)(H,43,44)/t20?,21?,28-,29+/m0/s1. The van der Waals surface area contributed by atoms with Gasteiger partial charge in [0.2, 0.25) is 5.91 Å². The summed E-state index contributed by atoms with van der Waals surface area (Å²) < 4.78 is 64.8. The summed E-state index contributed by atoms with van der Waals surface area (Å²) in [5.41, 5.74) is 1.29. The summed E-state index contributed by atoms with van der Waals surface area (Å²) in [7, 11) is 2.74. The number of carboxylic acids is 1. The Morgan fingerprint density at radius 1 is 0.913 bits per heavy atom. The molecule has 2 aliphatic carbocycles. The van der Waals surface area contributed by atoms with Crippen LogP contribution in [0.2, 0.25) is 0 Å². The van der Waals surface area contributed by atoms with Crippen LogP contribution in [0.3, 0.4) is 0 Å². The van der Waals surface area contributed by atoms with E-state index in [-0.39, 0.29) is 40.1 Å². The monoisotopic (exact) mass is 640 g/mol. The first-order chi connectivity index (χ1) is 21.8. The average Bonchev–Trinajstić information content (AvgIpc) is 3.57. The highest BCUT2D eigenvalue weighted by molar-refractivity contribution is 6.01. The van der Waals surface area contributed by atoms with E-state index in [1.165, 1.54) is 20.3 Å². The van der Waals surface area contributed by atoms with Crippen molar-refractivity contribution in [1.29, 1.82) is 0 Å². The van der Waals surface area contributed by atoms with Gasteiger partial charge in [-0.05, 0) is 74.6 Å². The fourth-order valence-corrected chi connectivity index (χ4v) is 6.95. The van der Waals surface area contributed by atoms with E-state index in [2.05, 4.69) is 10.6 Å². The fraction of sp³-hybridized carbons (Fsp3) is 0.324. The number of carboxylic acid groups (broad SMARTS) is 1. The van der Waals surface area contributed by atoms with Crippen LogP contribution in [-0.2, 0) is 11.0 Å². The Morgan fingerprint density at radius 2 is 1.63 bits per heavy atom. The maximum Gasteiger partial charge on any atom is 0.419 e. The minimum atomic E-state index is -4.95. The summed E-state index contributed by atoms with van der Waals surface area (Å²) in [4.78, 5) is 39.4. The molecule has 242 valence electrons. The SMILES string of the molecule is COc1ccc(-c2cccc(C(=O)O)c2OC)cc1C(=O)N[C@@H]1C2CCC(C2=C(C)C)[C@@H]1C(=O)Nc1ccc(F)c(C(F)(F)F)c1. The molecule has 3 N–H and O–H groups in total. The number of para-hydroxylation sites is 1. The maximum atomic E-state index is 13.9. The second-order valence-electron chi connectivity index (χ2n) is 11.6. The molecule has 5 rings (SSSR count). The molecule has 2 bridgehead atoms. The van der Waals surface area contributed by atoms with Crippen molar-refractivity contribution in [3.8, 4) is 22.6 Å². The Kier molecular flexibility index (Phi) is 8.83. The number of amides is 2. The van der Waals surface area contributed by atoms with Gasteiger partial charge in [0, 0.05) is 23.2 Å². The van der Waals surface area contributed by atoms with Gasteiger partial charge in [-0.3, -0.25) is 9.59 Å². The lowest BCUT2D eigenvalue weighted by atomic mass is 9.83. The number of rotatable bonds is 8. The number of alkyl halides is 3. The topological polar surface area (TPSA) is 114 Å². The molecule has 12 heteroatoms. The van der Waals surface area contributed by atoms with Crippen LogP contribution in [0.25, 0.3) is 11.1 Å². The van der Waals surface area contributed by atoms with Gasteiger partial charge in [-0.25, -0.2) is 9.18 Å². The highest BCUT2D eigenvalue weighted by Gasteiger charge is 2.55. The van der Waals surface area contributed by atoms with Crippen LogP contribution in [0, 0.1) is 23.6 Å². The number of hydrogen-bond acceptors (Lipinski definition) is 5. The number of allylic oxidation sites excluding steroid dienone is 1. The van der Waals surface area contributed by atoms with Gasteiger partial charge in [0.1, 0.15) is 22.9 Å². The second kappa shape index (κ2) is 12.5. The first kappa shape index (κ1) is 32.5. The molecular formula is C34H32F4N2O6. The van der Waals surface area contributed by atoms with Crippen LogP contribution in [0.1, 0.15) is 53.0 Å². The molecule has 2 fully saturated rings. The van der Waals surface area contributed by atoms with E-state index in [1.54, 1.807) is 30.3 Å². The number of aromatic carboxylic acids is 1. The Morgan fingerprint density at radius 3 is 2.26 bits per heavy atom. The number of fused-ring (bicyclic) bond motifs is 2. The molecule has 0 aliphatic heterocycles. The number of benzene rings is 3. The summed E-state index contributed by atoms with van der Waals surface area (Å²) in [6, 6.07) is 11.0. The van der Waals surface area contributed by atoms with Gasteiger partial charge in [0.15, 0.2) is 0 Å². The number of carbonyl (C=O) groups is 3. The van der Waals surface area contributed by atoms with Crippen molar-refractivity contribution >= 4 is 23.5 Å². The number of nitrogens with one attached hydrogen (secondary N) is 2. The molecule has 0 spiro atoms. The molecule has 0 heterocycles. The fourth-order valence-electron chi connectivity index (χ4n) is 6.95. The first-order valence-electron chi connectivity index (χ1n) is 14.5. The molecule has 0 aromatic heterocycles. The molecule has 4 atom stereocenters. The quantitative estimate of drug-likeness (QED) is 0.181. The summed E-state index contributed by atoms with van der Waals surface area (Å²) in [6.07, 6.45) is -3.59. The Hall–Kier alpha value is -4.87. The van der Waals surface area contributed by atoms with Crippen molar-refractivity contribution < 1.29 is 46.5 Å². The van der Waals surface area contributed by atoms with E-state index < -0.39 is 47.3 Å². The van der Waals surface area contributed by atoms with Crippen LogP contribution in [0.5, 0.6) is 11.5 Å². The van der Waals surface area contributed by atoms with Gasteiger partial charge in [-0.2, -0.15) is 13.2 Å². The Bertz CT molecular complexity index is 1750. The van der Waals surface area contributed by atoms with Crippen LogP contribution in [0.15, 0.2) is 65.7 Å². The normalized spacial score (nSPS) is 20.3. The predicted molar refractivity (Wildman–Crippen MR) is 161 cm³/mol. The van der Waals surface area contributed by atoms with Crippen LogP contribution in [0.4, 0.5) is 23.2 Å². The molecule has 2 unspecified atom stereocenters. The van der Waals surface area contributed by atoms with E-state index in [1.807, 2.05) is 13.8 Å². The average molecular weight is 641 g/mol. The van der Waals surface area contributed by atoms with Gasteiger partial charge < -0.3 is 25.2 Å².